The molecule has 180 valence electrons. The largest absolute Gasteiger partial charge is 0.465 e. The van der Waals surface area contributed by atoms with E-state index in [-0.39, 0.29) is 27.5 Å². The molecule has 3 aromatic rings. The number of alkyl halides is 3. The molecule has 0 bridgehead atoms. The Morgan fingerprint density at radius 3 is 2.29 bits per heavy atom. The minimum absolute atomic E-state index is 0.0910. The summed E-state index contributed by atoms with van der Waals surface area (Å²) in [6.45, 7) is 3.16. The highest BCUT2D eigenvalue weighted by molar-refractivity contribution is 7.92. The van der Waals surface area contributed by atoms with Crippen molar-refractivity contribution >= 4 is 33.3 Å². The zero-order valence-corrected chi connectivity index (χ0v) is 19.0. The quantitative estimate of drug-likeness (QED) is 0.436. The first kappa shape index (κ1) is 24.8. The molecular weight excluding hydrogens is 475 g/mol. The maximum absolute atomic E-state index is 12.9. The molecule has 0 saturated heterocycles. The summed E-state index contributed by atoms with van der Waals surface area (Å²) >= 11 is 0. The van der Waals surface area contributed by atoms with Gasteiger partial charge in [0, 0.05) is 17.1 Å². The van der Waals surface area contributed by atoms with Gasteiger partial charge in [0.25, 0.3) is 15.9 Å². The first-order valence-corrected chi connectivity index (χ1v) is 11.2. The molecule has 0 spiro atoms. The van der Waals surface area contributed by atoms with Crippen molar-refractivity contribution in [2.45, 2.75) is 24.9 Å². The molecule has 3 N–H and O–H groups in total. The molecule has 3 rings (SSSR count). The molecule has 12 heteroatoms. The maximum Gasteiger partial charge on any atom is 0.416 e. The number of ether oxygens (including phenoxy) is 1. The standard InChI is InChI=1S/C22H20F3N3O5S/c1-12-18(21(30)33-3)13(2)26-19(12)20(29)27-15-7-5-9-17(11-15)34(31,32)28-16-8-4-6-14(10-16)22(23,24)25/h4-11,26,28H,1-3H3,(H,27,29). The number of aromatic nitrogens is 1. The van der Waals surface area contributed by atoms with Crippen LogP contribution in [0.3, 0.4) is 0 Å². The minimum Gasteiger partial charge on any atom is -0.465 e. The van der Waals surface area contributed by atoms with Crippen LogP contribution in [0.25, 0.3) is 0 Å². The number of anilines is 2. The van der Waals surface area contributed by atoms with Crippen molar-refractivity contribution < 1.29 is 35.9 Å². The van der Waals surface area contributed by atoms with Crippen molar-refractivity contribution in [1.29, 1.82) is 0 Å². The number of hydrogen-bond acceptors (Lipinski definition) is 5. The third-order valence-corrected chi connectivity index (χ3v) is 6.28. The van der Waals surface area contributed by atoms with Crippen LogP contribution in [0.5, 0.6) is 0 Å². The van der Waals surface area contributed by atoms with Crippen LogP contribution in [-0.4, -0.2) is 32.4 Å². The van der Waals surface area contributed by atoms with Crippen LogP contribution in [0.15, 0.2) is 53.4 Å². The van der Waals surface area contributed by atoms with E-state index < -0.39 is 33.6 Å². The molecule has 0 fully saturated rings. The van der Waals surface area contributed by atoms with Gasteiger partial charge >= 0.3 is 12.1 Å². The lowest BCUT2D eigenvalue weighted by atomic mass is 10.1. The molecular formula is C22H20F3N3O5S. The predicted molar refractivity (Wildman–Crippen MR) is 118 cm³/mol. The Hall–Kier alpha value is -3.80. The predicted octanol–water partition coefficient (Wildman–Crippen LogP) is 4.49. The first-order valence-electron chi connectivity index (χ1n) is 9.72. The van der Waals surface area contributed by atoms with Crippen molar-refractivity contribution in [3.05, 3.63) is 76.6 Å². The van der Waals surface area contributed by atoms with Crippen LogP contribution in [0.4, 0.5) is 24.5 Å². The highest BCUT2D eigenvalue weighted by Crippen LogP contribution is 2.31. The number of aromatic amines is 1. The van der Waals surface area contributed by atoms with Crippen LogP contribution in [0, 0.1) is 13.8 Å². The second kappa shape index (κ2) is 9.21. The SMILES string of the molecule is COC(=O)c1c(C)[nH]c(C(=O)Nc2cccc(S(=O)(=O)Nc3cccc(C(F)(F)F)c3)c2)c1C. The summed E-state index contributed by atoms with van der Waals surface area (Å²) < 4.78 is 71.0. The van der Waals surface area contributed by atoms with E-state index >= 15 is 0 Å². The number of carbonyl (C=O) groups excluding carboxylic acids is 2. The number of halogens is 3. The number of rotatable bonds is 6. The zero-order valence-electron chi connectivity index (χ0n) is 18.2. The van der Waals surface area contributed by atoms with Gasteiger partial charge in [0.15, 0.2) is 0 Å². The summed E-state index contributed by atoms with van der Waals surface area (Å²) in [5.41, 5.74) is -0.0626. The zero-order chi connectivity index (χ0) is 25.3. The molecule has 0 radical (unpaired) electrons. The van der Waals surface area contributed by atoms with E-state index in [1.165, 1.54) is 31.4 Å². The third kappa shape index (κ3) is 5.22. The van der Waals surface area contributed by atoms with Gasteiger partial charge in [-0.3, -0.25) is 9.52 Å². The number of esters is 1. The number of aryl methyl sites for hydroxylation is 1. The van der Waals surface area contributed by atoms with Gasteiger partial charge in [-0.2, -0.15) is 13.2 Å². The Morgan fingerprint density at radius 1 is 1.00 bits per heavy atom. The summed E-state index contributed by atoms with van der Waals surface area (Å²) in [6, 6.07) is 8.96. The minimum atomic E-state index is -4.63. The highest BCUT2D eigenvalue weighted by atomic mass is 32.2. The maximum atomic E-state index is 12.9. The third-order valence-electron chi connectivity index (χ3n) is 4.90. The molecule has 0 aliphatic rings. The molecule has 0 aliphatic heterocycles. The number of amides is 1. The van der Waals surface area contributed by atoms with Gasteiger partial charge in [0.05, 0.1) is 23.1 Å². The summed E-state index contributed by atoms with van der Waals surface area (Å²) in [7, 11) is -3.05. The molecule has 1 amide bonds. The van der Waals surface area contributed by atoms with Crippen molar-refractivity contribution in [3.63, 3.8) is 0 Å². The molecule has 0 unspecified atom stereocenters. The fourth-order valence-corrected chi connectivity index (χ4v) is 4.39. The Labute approximate surface area is 193 Å². The van der Waals surface area contributed by atoms with Crippen LogP contribution in [-0.2, 0) is 20.9 Å². The number of methoxy groups -OCH3 is 1. The monoisotopic (exact) mass is 495 g/mol. The fourth-order valence-electron chi connectivity index (χ4n) is 3.29. The van der Waals surface area contributed by atoms with Gasteiger partial charge in [0.2, 0.25) is 0 Å². The smallest absolute Gasteiger partial charge is 0.416 e. The molecule has 2 aromatic carbocycles. The molecule has 8 nitrogen and oxygen atoms in total. The topological polar surface area (TPSA) is 117 Å². The van der Waals surface area contributed by atoms with E-state index in [1.54, 1.807) is 13.8 Å². The average Bonchev–Trinajstić information content (AvgIpc) is 3.06. The van der Waals surface area contributed by atoms with E-state index in [0.717, 1.165) is 18.2 Å². The van der Waals surface area contributed by atoms with Crippen LogP contribution >= 0.6 is 0 Å². The van der Waals surface area contributed by atoms with Crippen molar-refractivity contribution in [3.8, 4) is 0 Å². The number of H-pyrrole nitrogens is 1. The van der Waals surface area contributed by atoms with Gasteiger partial charge in [-0.15, -0.1) is 0 Å². The number of sulfonamides is 1. The molecule has 1 aromatic heterocycles. The molecule has 1 heterocycles. The summed E-state index contributed by atoms with van der Waals surface area (Å²) in [6.07, 6.45) is -4.63. The summed E-state index contributed by atoms with van der Waals surface area (Å²) in [5.74, 6) is -1.24. The Kier molecular flexibility index (Phi) is 6.73. The second-order valence-electron chi connectivity index (χ2n) is 7.28. The molecule has 0 atom stereocenters. The summed E-state index contributed by atoms with van der Waals surface area (Å²) in [5, 5.41) is 2.54. The lowest BCUT2D eigenvalue weighted by Crippen LogP contribution is -2.16. The molecule has 0 aliphatic carbocycles. The van der Waals surface area contributed by atoms with Gasteiger partial charge in [0.1, 0.15) is 5.69 Å². The molecule has 0 saturated carbocycles. The first-order chi connectivity index (χ1) is 15.8. The Bertz CT molecular complexity index is 1360. The van der Waals surface area contributed by atoms with Crippen molar-refractivity contribution in [2.24, 2.45) is 0 Å². The number of nitrogens with one attached hydrogen (secondary N) is 3. The van der Waals surface area contributed by atoms with Crippen LogP contribution in [0.2, 0.25) is 0 Å². The van der Waals surface area contributed by atoms with Gasteiger partial charge < -0.3 is 15.0 Å². The van der Waals surface area contributed by atoms with E-state index in [9.17, 15) is 31.2 Å². The van der Waals surface area contributed by atoms with Crippen LogP contribution in [0.1, 0.15) is 37.7 Å². The normalized spacial score (nSPS) is 11.7. The van der Waals surface area contributed by atoms with Crippen LogP contribution < -0.4 is 10.0 Å². The lowest BCUT2D eigenvalue weighted by Gasteiger charge is -2.12. The van der Waals surface area contributed by atoms with E-state index in [4.69, 9.17) is 4.74 Å². The van der Waals surface area contributed by atoms with Crippen molar-refractivity contribution in [2.75, 3.05) is 17.1 Å². The fraction of sp³-hybridized carbons (Fsp3) is 0.182. The number of carbonyl (C=O) groups is 2. The Morgan fingerprint density at radius 2 is 1.65 bits per heavy atom. The van der Waals surface area contributed by atoms with Gasteiger partial charge in [-0.05, 0) is 55.8 Å². The van der Waals surface area contributed by atoms with E-state index in [2.05, 4.69) is 15.0 Å². The lowest BCUT2D eigenvalue weighted by molar-refractivity contribution is -0.137. The highest BCUT2D eigenvalue weighted by Gasteiger charge is 2.31. The van der Waals surface area contributed by atoms with E-state index in [1.807, 2.05) is 0 Å². The Balaban J connectivity index is 1.84. The van der Waals surface area contributed by atoms with E-state index in [0.29, 0.717) is 17.3 Å². The number of benzene rings is 2. The average molecular weight is 495 g/mol. The van der Waals surface area contributed by atoms with Gasteiger partial charge in [-0.25, -0.2) is 13.2 Å². The van der Waals surface area contributed by atoms with Gasteiger partial charge in [-0.1, -0.05) is 12.1 Å². The van der Waals surface area contributed by atoms with Crippen molar-refractivity contribution in [1.82, 2.24) is 4.98 Å². The number of hydrogen-bond donors (Lipinski definition) is 3. The second-order valence-corrected chi connectivity index (χ2v) is 8.97. The summed E-state index contributed by atoms with van der Waals surface area (Å²) in [4.78, 5) is 27.2. The molecule has 34 heavy (non-hydrogen) atoms.